The Bertz CT molecular complexity index is 1450. The number of nitrogens with one attached hydrogen (secondary N) is 1. The molecule has 0 fully saturated rings. The fourth-order valence-electron chi connectivity index (χ4n) is 4.15. The number of carbonyl (C=O) groups excluding carboxylic acids is 1. The molecule has 37 heavy (non-hydrogen) atoms. The highest BCUT2D eigenvalue weighted by Gasteiger charge is 2.28. The number of anilines is 1. The van der Waals surface area contributed by atoms with E-state index in [-0.39, 0.29) is 11.9 Å². The lowest BCUT2D eigenvalue weighted by Crippen LogP contribution is -2.18. The van der Waals surface area contributed by atoms with Gasteiger partial charge in [-0.1, -0.05) is 103 Å². The highest BCUT2D eigenvalue weighted by molar-refractivity contribution is 6.33. The summed E-state index contributed by atoms with van der Waals surface area (Å²) in [4.78, 5) is 12.3. The van der Waals surface area contributed by atoms with Gasteiger partial charge in [0.2, 0.25) is 0 Å². The van der Waals surface area contributed by atoms with E-state index in [4.69, 9.17) is 16.7 Å². The molecule has 1 amide bonds. The molecule has 1 unspecified atom stereocenters. The zero-order valence-corrected chi connectivity index (χ0v) is 20.8. The van der Waals surface area contributed by atoms with E-state index in [0.717, 1.165) is 28.9 Å². The number of amides is 1. The van der Waals surface area contributed by atoms with Gasteiger partial charge in [0.25, 0.3) is 5.91 Å². The van der Waals surface area contributed by atoms with Crippen molar-refractivity contribution in [2.24, 2.45) is 10.2 Å². The van der Waals surface area contributed by atoms with E-state index < -0.39 is 0 Å². The molecule has 6 heteroatoms. The summed E-state index contributed by atoms with van der Waals surface area (Å²) in [5.41, 5.74) is 8.12. The largest absolute Gasteiger partial charge is 0.272 e. The monoisotopic (exact) mass is 504 g/mol. The first-order chi connectivity index (χ1) is 18.2. The molecule has 5 nitrogen and oxygen atoms in total. The van der Waals surface area contributed by atoms with E-state index in [0.29, 0.717) is 10.6 Å². The van der Waals surface area contributed by atoms with Gasteiger partial charge in [-0.2, -0.15) is 10.2 Å². The van der Waals surface area contributed by atoms with Crippen molar-refractivity contribution >= 4 is 41.2 Å². The predicted molar refractivity (Wildman–Crippen MR) is 152 cm³/mol. The minimum absolute atomic E-state index is 0.103. The van der Waals surface area contributed by atoms with E-state index >= 15 is 0 Å². The summed E-state index contributed by atoms with van der Waals surface area (Å²) < 4.78 is 0. The van der Waals surface area contributed by atoms with Crippen molar-refractivity contribution in [3.63, 3.8) is 0 Å². The number of hydrazone groups is 2. The summed E-state index contributed by atoms with van der Waals surface area (Å²) in [6.07, 6.45) is 6.61. The van der Waals surface area contributed by atoms with Crippen molar-refractivity contribution < 1.29 is 4.79 Å². The molecule has 4 aromatic rings. The van der Waals surface area contributed by atoms with Crippen molar-refractivity contribution in [3.05, 3.63) is 143 Å². The van der Waals surface area contributed by atoms with Crippen LogP contribution in [0.3, 0.4) is 0 Å². The first kappa shape index (κ1) is 24.2. The molecular weight excluding hydrogens is 480 g/mol. The zero-order valence-electron chi connectivity index (χ0n) is 20.0. The van der Waals surface area contributed by atoms with Crippen molar-refractivity contribution in [2.75, 3.05) is 5.01 Å². The van der Waals surface area contributed by atoms with E-state index in [1.165, 1.54) is 5.56 Å². The molecule has 1 aliphatic rings. The molecule has 0 aromatic heterocycles. The molecule has 5 rings (SSSR count). The fraction of sp³-hybridized carbons (Fsp3) is 0.0645. The van der Waals surface area contributed by atoms with Crippen LogP contribution in [0.1, 0.15) is 39.5 Å². The number of hydrogen-bond donors (Lipinski definition) is 1. The smallest absolute Gasteiger partial charge is 0.267 e. The fourth-order valence-corrected chi connectivity index (χ4v) is 4.37. The third-order valence-electron chi connectivity index (χ3n) is 6.04. The normalized spacial score (nSPS) is 15.3. The van der Waals surface area contributed by atoms with Crippen LogP contribution in [0.4, 0.5) is 5.69 Å². The highest BCUT2D eigenvalue weighted by Crippen LogP contribution is 2.35. The third kappa shape index (κ3) is 6.02. The van der Waals surface area contributed by atoms with Crippen molar-refractivity contribution in [2.45, 2.75) is 12.5 Å². The second-order valence-corrected chi connectivity index (χ2v) is 8.99. The van der Waals surface area contributed by atoms with E-state index in [1.807, 2.05) is 48.5 Å². The van der Waals surface area contributed by atoms with E-state index in [9.17, 15) is 4.79 Å². The minimum atomic E-state index is -0.355. The Hall–Kier alpha value is -4.48. The third-order valence-corrected chi connectivity index (χ3v) is 6.37. The first-order valence-electron chi connectivity index (χ1n) is 12.0. The molecular formula is C31H25ClN4O. The van der Waals surface area contributed by atoms with Crippen LogP contribution in [0.5, 0.6) is 0 Å². The maximum absolute atomic E-state index is 12.3. The molecule has 1 N–H and O–H groups in total. The van der Waals surface area contributed by atoms with Crippen LogP contribution in [-0.2, 0) is 0 Å². The quantitative estimate of drug-likeness (QED) is 0.215. The van der Waals surface area contributed by atoms with Gasteiger partial charge in [-0.25, -0.2) is 5.43 Å². The van der Waals surface area contributed by atoms with Gasteiger partial charge in [0.15, 0.2) is 0 Å². The molecule has 4 aromatic carbocycles. The molecule has 1 heterocycles. The lowest BCUT2D eigenvalue weighted by Gasteiger charge is -2.24. The predicted octanol–water partition coefficient (Wildman–Crippen LogP) is 7.12. The molecule has 0 spiro atoms. The Morgan fingerprint density at radius 1 is 0.838 bits per heavy atom. The summed E-state index contributed by atoms with van der Waals surface area (Å²) >= 11 is 6.08. The zero-order chi connectivity index (χ0) is 25.5. The van der Waals surface area contributed by atoms with E-state index in [1.54, 1.807) is 30.5 Å². The maximum atomic E-state index is 12.3. The summed E-state index contributed by atoms with van der Waals surface area (Å²) in [5.74, 6) is -0.355. The van der Waals surface area contributed by atoms with Crippen LogP contribution in [0, 0.1) is 0 Å². The van der Waals surface area contributed by atoms with E-state index in [2.05, 4.69) is 64.1 Å². The van der Waals surface area contributed by atoms with Gasteiger partial charge in [-0.05, 0) is 47.0 Å². The topological polar surface area (TPSA) is 57.1 Å². The minimum Gasteiger partial charge on any atom is -0.267 e. The molecule has 1 atom stereocenters. The maximum Gasteiger partial charge on any atom is 0.272 e. The summed E-state index contributed by atoms with van der Waals surface area (Å²) in [5, 5.41) is 11.5. The number of nitrogens with zero attached hydrogens (tertiary/aromatic N) is 3. The number of carbonyl (C=O) groups is 1. The summed E-state index contributed by atoms with van der Waals surface area (Å²) in [6.45, 7) is 0. The average Bonchev–Trinajstić information content (AvgIpc) is 3.38. The molecule has 182 valence electrons. The van der Waals surface area contributed by atoms with Crippen molar-refractivity contribution in [1.82, 2.24) is 5.43 Å². The number of allylic oxidation sites excluding steroid dienone is 1. The van der Waals surface area contributed by atoms with Crippen LogP contribution in [0.15, 0.2) is 125 Å². The molecule has 0 aliphatic carbocycles. The van der Waals surface area contributed by atoms with Gasteiger partial charge in [0, 0.05) is 6.42 Å². The molecule has 0 saturated heterocycles. The molecule has 1 aliphatic heterocycles. The lowest BCUT2D eigenvalue weighted by molar-refractivity contribution is 0.0955. The van der Waals surface area contributed by atoms with Gasteiger partial charge in [-0.15, -0.1) is 0 Å². The molecule has 0 saturated carbocycles. The Morgan fingerprint density at radius 3 is 2.24 bits per heavy atom. The number of benzene rings is 4. The second kappa shape index (κ2) is 11.5. The Morgan fingerprint density at radius 2 is 1.51 bits per heavy atom. The number of hydrogen-bond acceptors (Lipinski definition) is 4. The number of halogens is 1. The van der Waals surface area contributed by atoms with Gasteiger partial charge < -0.3 is 0 Å². The lowest BCUT2D eigenvalue weighted by atomic mass is 10.0. The summed E-state index contributed by atoms with van der Waals surface area (Å²) in [7, 11) is 0. The van der Waals surface area contributed by atoms with Crippen LogP contribution in [0.25, 0.3) is 6.08 Å². The van der Waals surface area contributed by atoms with Crippen LogP contribution in [-0.4, -0.2) is 17.8 Å². The highest BCUT2D eigenvalue weighted by atomic mass is 35.5. The average molecular weight is 505 g/mol. The number of rotatable bonds is 7. The van der Waals surface area contributed by atoms with Gasteiger partial charge >= 0.3 is 0 Å². The second-order valence-electron chi connectivity index (χ2n) is 8.58. The molecule has 0 bridgehead atoms. The van der Waals surface area contributed by atoms with Crippen LogP contribution >= 0.6 is 11.6 Å². The molecule has 0 radical (unpaired) electrons. The summed E-state index contributed by atoms with van der Waals surface area (Å²) in [6, 6.07) is 35.6. The van der Waals surface area contributed by atoms with Crippen molar-refractivity contribution in [1.29, 1.82) is 0 Å². The van der Waals surface area contributed by atoms with Gasteiger partial charge in [-0.3, -0.25) is 9.80 Å². The van der Waals surface area contributed by atoms with Crippen molar-refractivity contribution in [3.8, 4) is 0 Å². The van der Waals surface area contributed by atoms with Gasteiger partial charge in [0.05, 0.1) is 34.2 Å². The Kier molecular flexibility index (Phi) is 7.53. The standard InChI is InChI=1S/C31H25ClN4O/c32-29-14-8-7-13-28(29)31(37)34-33-22-24-16-19-27(20-17-24)36-30(25-11-5-2-6-12-25)21-26(35-36)18-15-23-9-3-1-4-10-23/h1-20,22,30H,21H2,(H,34,37)/b18-15+,33-22+. The Labute approximate surface area is 221 Å². The van der Waals surface area contributed by atoms with Crippen LogP contribution < -0.4 is 10.4 Å². The Balaban J connectivity index is 1.32. The first-order valence-corrected chi connectivity index (χ1v) is 12.4. The SMILES string of the molecule is O=C(N/N=C/c1ccc(N2N=C(/C=C/c3ccccc3)CC2c2ccccc2)cc1)c1ccccc1Cl. The van der Waals surface area contributed by atoms with Crippen LogP contribution in [0.2, 0.25) is 5.02 Å². The van der Waals surface area contributed by atoms with Gasteiger partial charge in [0.1, 0.15) is 0 Å².